The van der Waals surface area contributed by atoms with Crippen molar-refractivity contribution in [3.63, 3.8) is 0 Å². The normalized spacial score (nSPS) is 17.8. The van der Waals surface area contributed by atoms with Crippen molar-refractivity contribution in [1.29, 1.82) is 0 Å². The summed E-state index contributed by atoms with van der Waals surface area (Å²) in [5, 5.41) is 6.32. The Hall–Kier alpha value is -3.15. The van der Waals surface area contributed by atoms with Crippen LogP contribution in [0.1, 0.15) is 76.8 Å². The van der Waals surface area contributed by atoms with Crippen molar-refractivity contribution in [2.45, 2.75) is 77.2 Å². The second-order valence-corrected chi connectivity index (χ2v) is 9.95. The highest BCUT2D eigenvalue weighted by atomic mass is 16.2. The molecule has 6 heteroatoms. The van der Waals surface area contributed by atoms with Crippen LogP contribution in [0.3, 0.4) is 0 Å². The Morgan fingerprint density at radius 3 is 2.09 bits per heavy atom. The van der Waals surface area contributed by atoms with E-state index in [9.17, 15) is 14.4 Å². The Balaban J connectivity index is 1.74. The van der Waals surface area contributed by atoms with Gasteiger partial charge in [0.2, 0.25) is 11.8 Å². The van der Waals surface area contributed by atoms with Gasteiger partial charge in [0.15, 0.2) is 5.78 Å². The van der Waals surface area contributed by atoms with Gasteiger partial charge in [-0.25, -0.2) is 0 Å². The van der Waals surface area contributed by atoms with Gasteiger partial charge in [0.25, 0.3) is 0 Å². The summed E-state index contributed by atoms with van der Waals surface area (Å²) in [5.74, 6) is -0.631. The van der Waals surface area contributed by atoms with E-state index in [1.807, 2.05) is 13.1 Å². The zero-order valence-corrected chi connectivity index (χ0v) is 21.4. The van der Waals surface area contributed by atoms with Crippen LogP contribution < -0.4 is 10.6 Å². The van der Waals surface area contributed by atoms with E-state index in [1.165, 1.54) is 34.1 Å². The Bertz CT molecular complexity index is 1130. The molecule has 186 valence electrons. The third-order valence-electron chi connectivity index (χ3n) is 7.68. The van der Waals surface area contributed by atoms with E-state index in [0.717, 1.165) is 49.9 Å². The Kier molecular flexibility index (Phi) is 7.29. The summed E-state index contributed by atoms with van der Waals surface area (Å²) < 4.78 is 0. The molecule has 1 atom stereocenters. The van der Waals surface area contributed by atoms with E-state index in [0.29, 0.717) is 0 Å². The maximum atomic E-state index is 13.1. The lowest BCUT2D eigenvalue weighted by molar-refractivity contribution is -0.135. The third kappa shape index (κ3) is 4.58. The maximum absolute atomic E-state index is 13.1. The fraction of sp³-hybridized carbons (Fsp3) is 0.483. The molecule has 0 unspecified atom stereocenters. The van der Waals surface area contributed by atoms with Crippen LogP contribution in [0.15, 0.2) is 36.4 Å². The fourth-order valence-electron chi connectivity index (χ4n) is 5.83. The minimum Gasteiger partial charge on any atom is -0.388 e. The van der Waals surface area contributed by atoms with Crippen LogP contribution in [0.25, 0.3) is 11.1 Å². The van der Waals surface area contributed by atoms with E-state index in [-0.39, 0.29) is 36.0 Å². The molecule has 1 fully saturated rings. The first kappa shape index (κ1) is 25.0. The van der Waals surface area contributed by atoms with Crippen LogP contribution >= 0.6 is 0 Å². The van der Waals surface area contributed by atoms with Gasteiger partial charge in [0.1, 0.15) is 6.04 Å². The summed E-state index contributed by atoms with van der Waals surface area (Å²) in [7, 11) is 1.95. The largest absolute Gasteiger partial charge is 0.388 e. The molecule has 6 nitrogen and oxygen atoms in total. The van der Waals surface area contributed by atoms with Gasteiger partial charge < -0.3 is 15.5 Å². The average Bonchev–Trinajstić information content (AvgIpc) is 3.37. The molecule has 2 N–H and O–H groups in total. The monoisotopic (exact) mass is 475 g/mol. The number of hydrogen-bond acceptors (Lipinski definition) is 4. The summed E-state index contributed by atoms with van der Waals surface area (Å²) >= 11 is 0. The van der Waals surface area contributed by atoms with Crippen LogP contribution in [0.5, 0.6) is 0 Å². The zero-order chi connectivity index (χ0) is 25.2. The summed E-state index contributed by atoms with van der Waals surface area (Å²) in [5.41, 5.74) is 6.87. The van der Waals surface area contributed by atoms with Crippen LogP contribution in [-0.2, 0) is 19.8 Å². The van der Waals surface area contributed by atoms with Gasteiger partial charge in [0, 0.05) is 37.2 Å². The number of likely N-dealkylation sites (tertiary alicyclic amines) is 1. The summed E-state index contributed by atoms with van der Waals surface area (Å²) in [6, 6.07) is 12.1. The Morgan fingerprint density at radius 2 is 1.54 bits per heavy atom. The molecule has 1 aliphatic carbocycles. The van der Waals surface area contributed by atoms with Crippen molar-refractivity contribution in [2.75, 3.05) is 24.2 Å². The highest BCUT2D eigenvalue weighted by molar-refractivity contribution is 6.03. The van der Waals surface area contributed by atoms with E-state index in [2.05, 4.69) is 54.8 Å². The molecule has 0 spiro atoms. The number of anilines is 2. The lowest BCUT2D eigenvalue weighted by Gasteiger charge is -2.33. The van der Waals surface area contributed by atoms with Crippen molar-refractivity contribution in [3.05, 3.63) is 47.5 Å². The number of carbonyl (C=O) groups excluding carboxylic acids is 3. The van der Waals surface area contributed by atoms with Gasteiger partial charge in [-0.1, -0.05) is 51.7 Å². The number of nitrogens with one attached hydrogen (secondary N) is 2. The molecule has 1 heterocycles. The molecule has 0 bridgehead atoms. The predicted molar refractivity (Wildman–Crippen MR) is 141 cm³/mol. The maximum Gasteiger partial charge on any atom is 0.247 e. The number of fused-ring (bicyclic) bond motifs is 3. The molecular formula is C29H37N3O3. The molecule has 35 heavy (non-hydrogen) atoms. The first-order chi connectivity index (χ1) is 16.8. The van der Waals surface area contributed by atoms with Crippen LogP contribution in [0.4, 0.5) is 11.4 Å². The molecule has 2 aromatic carbocycles. The SMILES string of the molecule is CCCCC1(CCCC)c2cc(NC)ccc2-c2ccc(NC(=O)[C@@H]3CC(=O)CN3C(C)=O)cc21. The lowest BCUT2D eigenvalue weighted by atomic mass is 9.70. The first-order valence-corrected chi connectivity index (χ1v) is 12.9. The van der Waals surface area contributed by atoms with Gasteiger partial charge in [-0.05, 0) is 59.4 Å². The standard InChI is InChI=1S/C29H37N3O3/c1-5-7-13-29(14-8-6-2)25-15-20(30-4)9-11-23(25)24-12-10-21(16-26(24)29)31-28(35)27-17-22(34)18-32(27)19(3)33/h9-12,15-16,27,30H,5-8,13-14,17-18H2,1-4H3,(H,31,35)/t27-/m0/s1. The number of hydrogen-bond donors (Lipinski definition) is 2. The second kappa shape index (κ2) is 10.2. The molecular weight excluding hydrogens is 438 g/mol. The van der Waals surface area contributed by atoms with Gasteiger partial charge in [-0.3, -0.25) is 14.4 Å². The molecule has 0 radical (unpaired) electrons. The minimum absolute atomic E-state index is 0.0118. The number of unbranched alkanes of at least 4 members (excludes halogenated alkanes) is 2. The predicted octanol–water partition coefficient (Wildman–Crippen LogP) is 5.50. The van der Waals surface area contributed by atoms with Crippen molar-refractivity contribution in [1.82, 2.24) is 4.90 Å². The van der Waals surface area contributed by atoms with Crippen molar-refractivity contribution in [2.24, 2.45) is 0 Å². The highest BCUT2D eigenvalue weighted by Gasteiger charge is 2.43. The molecule has 2 aromatic rings. The van der Waals surface area contributed by atoms with Gasteiger partial charge in [-0.15, -0.1) is 0 Å². The molecule has 0 saturated carbocycles. The molecule has 1 aliphatic heterocycles. The lowest BCUT2D eigenvalue weighted by Crippen LogP contribution is -2.42. The van der Waals surface area contributed by atoms with E-state index >= 15 is 0 Å². The third-order valence-corrected chi connectivity index (χ3v) is 7.68. The zero-order valence-electron chi connectivity index (χ0n) is 21.4. The van der Waals surface area contributed by atoms with Gasteiger partial charge >= 0.3 is 0 Å². The number of benzene rings is 2. The number of nitrogens with zero attached hydrogens (tertiary/aromatic N) is 1. The Morgan fingerprint density at radius 1 is 0.971 bits per heavy atom. The van der Waals surface area contributed by atoms with Gasteiger partial charge in [-0.2, -0.15) is 0 Å². The summed E-state index contributed by atoms with van der Waals surface area (Å²) in [6.07, 6.45) is 6.69. The number of ketones is 1. The number of carbonyl (C=O) groups is 3. The van der Waals surface area contributed by atoms with Crippen LogP contribution in [-0.4, -0.2) is 42.1 Å². The number of amides is 2. The molecule has 1 saturated heterocycles. The highest BCUT2D eigenvalue weighted by Crippen LogP contribution is 2.55. The number of Topliss-reactive ketones (excluding diaryl/α,β-unsaturated/α-hetero) is 1. The molecule has 2 aliphatic rings. The molecule has 4 rings (SSSR count). The van der Waals surface area contributed by atoms with Crippen molar-refractivity contribution >= 4 is 29.0 Å². The molecule has 2 amide bonds. The summed E-state index contributed by atoms with van der Waals surface area (Å²) in [6.45, 7) is 5.88. The minimum atomic E-state index is -0.742. The van der Waals surface area contributed by atoms with Gasteiger partial charge in [0.05, 0.1) is 6.54 Å². The van der Waals surface area contributed by atoms with E-state index in [4.69, 9.17) is 0 Å². The summed E-state index contributed by atoms with van der Waals surface area (Å²) in [4.78, 5) is 38.4. The second-order valence-electron chi connectivity index (χ2n) is 9.95. The van der Waals surface area contributed by atoms with Crippen molar-refractivity contribution < 1.29 is 14.4 Å². The van der Waals surface area contributed by atoms with E-state index < -0.39 is 6.04 Å². The smallest absolute Gasteiger partial charge is 0.247 e. The van der Waals surface area contributed by atoms with Crippen LogP contribution in [0.2, 0.25) is 0 Å². The van der Waals surface area contributed by atoms with Crippen molar-refractivity contribution in [3.8, 4) is 11.1 Å². The first-order valence-electron chi connectivity index (χ1n) is 12.9. The topological polar surface area (TPSA) is 78.5 Å². The van der Waals surface area contributed by atoms with Crippen LogP contribution in [0, 0.1) is 0 Å². The molecule has 0 aromatic heterocycles. The van der Waals surface area contributed by atoms with E-state index in [1.54, 1.807) is 0 Å². The quantitative estimate of drug-likeness (QED) is 0.502. The number of rotatable bonds is 9. The fourth-order valence-corrected chi connectivity index (χ4v) is 5.83. The Labute approximate surface area is 208 Å². The average molecular weight is 476 g/mol.